The zero-order chi connectivity index (χ0) is 14.6. The van der Waals surface area contributed by atoms with E-state index in [1.807, 2.05) is 0 Å². The first kappa shape index (κ1) is 15.1. The Hall–Kier alpha value is -1.25. The number of likely N-dealkylation sites (tertiary alicyclic amines) is 1. The smallest absolute Gasteiger partial charge is 0.243 e. The summed E-state index contributed by atoms with van der Waals surface area (Å²) in [5, 5.41) is 0. The van der Waals surface area contributed by atoms with Gasteiger partial charge in [-0.1, -0.05) is 6.92 Å². The molecule has 1 saturated heterocycles. The van der Waals surface area contributed by atoms with Crippen LogP contribution in [0.25, 0.3) is 0 Å². The second kappa shape index (κ2) is 6.47. The molecule has 7 nitrogen and oxygen atoms in total. The molecular formula is C12H21N5O2S. The molecule has 1 aliphatic rings. The highest BCUT2D eigenvalue weighted by molar-refractivity contribution is 7.89. The summed E-state index contributed by atoms with van der Waals surface area (Å²) in [4.78, 5) is 9.83. The number of nitrogens with two attached hydrogens (primary N) is 1. The van der Waals surface area contributed by atoms with Crippen LogP contribution in [0.2, 0.25) is 0 Å². The SMILES string of the molecule is CCN1CCC(CNS(=O)(=O)c2cnc(N)nc2)CC1. The number of hydrogen-bond donors (Lipinski definition) is 2. The quantitative estimate of drug-likeness (QED) is 0.798. The fourth-order valence-corrected chi connectivity index (χ4v) is 3.29. The summed E-state index contributed by atoms with van der Waals surface area (Å²) in [5.74, 6) is 0.457. The molecule has 0 radical (unpaired) electrons. The van der Waals surface area contributed by atoms with Gasteiger partial charge in [0.25, 0.3) is 0 Å². The molecule has 0 amide bonds. The number of nitrogens with zero attached hydrogens (tertiary/aromatic N) is 3. The number of aromatic nitrogens is 2. The summed E-state index contributed by atoms with van der Waals surface area (Å²) in [7, 11) is -3.54. The van der Waals surface area contributed by atoms with Gasteiger partial charge >= 0.3 is 0 Å². The van der Waals surface area contributed by atoms with Gasteiger partial charge in [0, 0.05) is 6.54 Å². The molecule has 1 fully saturated rings. The molecule has 1 aliphatic heterocycles. The van der Waals surface area contributed by atoms with Crippen LogP contribution in [0.3, 0.4) is 0 Å². The summed E-state index contributed by atoms with van der Waals surface area (Å²) in [5.41, 5.74) is 5.34. The van der Waals surface area contributed by atoms with E-state index < -0.39 is 10.0 Å². The van der Waals surface area contributed by atoms with E-state index in [1.54, 1.807) is 0 Å². The summed E-state index contributed by atoms with van der Waals surface area (Å²) in [6.07, 6.45) is 4.50. The first-order valence-corrected chi connectivity index (χ1v) is 8.29. The Morgan fingerprint density at radius 3 is 2.50 bits per heavy atom. The van der Waals surface area contributed by atoms with Crippen molar-refractivity contribution in [1.29, 1.82) is 0 Å². The van der Waals surface area contributed by atoms with Gasteiger partial charge in [-0.25, -0.2) is 23.1 Å². The van der Waals surface area contributed by atoms with Gasteiger partial charge in [-0.2, -0.15) is 0 Å². The van der Waals surface area contributed by atoms with Crippen molar-refractivity contribution in [3.8, 4) is 0 Å². The second-order valence-corrected chi connectivity index (χ2v) is 6.77. The van der Waals surface area contributed by atoms with Gasteiger partial charge in [-0.05, 0) is 38.4 Å². The number of anilines is 1. The standard InChI is InChI=1S/C12H21N5O2S/c1-2-17-5-3-10(4-6-17)7-16-20(18,19)11-8-14-12(13)15-9-11/h8-10,16H,2-7H2,1H3,(H2,13,14,15). The molecular weight excluding hydrogens is 278 g/mol. The van der Waals surface area contributed by atoms with Crippen LogP contribution in [-0.4, -0.2) is 49.5 Å². The van der Waals surface area contributed by atoms with E-state index >= 15 is 0 Å². The van der Waals surface area contributed by atoms with E-state index in [0.717, 1.165) is 32.5 Å². The number of sulfonamides is 1. The zero-order valence-electron chi connectivity index (χ0n) is 11.6. The number of piperidine rings is 1. The third-order valence-electron chi connectivity index (χ3n) is 3.67. The van der Waals surface area contributed by atoms with Crippen molar-refractivity contribution in [2.45, 2.75) is 24.7 Å². The molecule has 0 saturated carbocycles. The van der Waals surface area contributed by atoms with Crippen LogP contribution in [0.15, 0.2) is 17.3 Å². The van der Waals surface area contributed by atoms with Crippen molar-refractivity contribution in [3.05, 3.63) is 12.4 Å². The van der Waals surface area contributed by atoms with Crippen LogP contribution in [0, 0.1) is 5.92 Å². The number of nitrogens with one attached hydrogen (secondary N) is 1. The van der Waals surface area contributed by atoms with E-state index in [1.165, 1.54) is 12.4 Å². The molecule has 0 aromatic carbocycles. The third kappa shape index (κ3) is 3.87. The van der Waals surface area contributed by atoms with E-state index in [-0.39, 0.29) is 10.8 Å². The Bertz CT molecular complexity index is 523. The summed E-state index contributed by atoms with van der Waals surface area (Å²) >= 11 is 0. The molecule has 0 spiro atoms. The van der Waals surface area contributed by atoms with Crippen molar-refractivity contribution in [2.75, 3.05) is 31.9 Å². The van der Waals surface area contributed by atoms with Crippen LogP contribution in [0.4, 0.5) is 5.95 Å². The second-order valence-electron chi connectivity index (χ2n) is 5.01. The monoisotopic (exact) mass is 299 g/mol. The molecule has 1 aromatic heterocycles. The van der Waals surface area contributed by atoms with E-state index in [2.05, 4.69) is 26.5 Å². The lowest BCUT2D eigenvalue weighted by Gasteiger charge is -2.30. The van der Waals surface area contributed by atoms with Crippen molar-refractivity contribution in [3.63, 3.8) is 0 Å². The topological polar surface area (TPSA) is 101 Å². The minimum atomic E-state index is -3.54. The molecule has 0 bridgehead atoms. The van der Waals surface area contributed by atoms with Crippen LogP contribution >= 0.6 is 0 Å². The van der Waals surface area contributed by atoms with Gasteiger partial charge in [0.1, 0.15) is 4.90 Å². The van der Waals surface area contributed by atoms with Gasteiger partial charge in [0.05, 0.1) is 12.4 Å². The average molecular weight is 299 g/mol. The highest BCUT2D eigenvalue weighted by atomic mass is 32.2. The van der Waals surface area contributed by atoms with Crippen LogP contribution in [0.1, 0.15) is 19.8 Å². The molecule has 0 aliphatic carbocycles. The average Bonchev–Trinajstić information content (AvgIpc) is 2.46. The highest BCUT2D eigenvalue weighted by Crippen LogP contribution is 2.17. The molecule has 112 valence electrons. The maximum atomic E-state index is 12.1. The van der Waals surface area contributed by atoms with Crippen molar-refractivity contribution >= 4 is 16.0 Å². The number of nitrogen functional groups attached to an aromatic ring is 1. The third-order valence-corrected chi connectivity index (χ3v) is 5.05. The van der Waals surface area contributed by atoms with Gasteiger partial charge in [-0.3, -0.25) is 0 Å². The lowest BCUT2D eigenvalue weighted by molar-refractivity contribution is 0.194. The number of rotatable bonds is 5. The Balaban J connectivity index is 1.88. The minimum absolute atomic E-state index is 0.0534. The molecule has 0 atom stereocenters. The predicted molar refractivity (Wildman–Crippen MR) is 76.5 cm³/mol. The first-order valence-electron chi connectivity index (χ1n) is 6.81. The Morgan fingerprint density at radius 1 is 1.35 bits per heavy atom. The largest absolute Gasteiger partial charge is 0.368 e. The summed E-state index contributed by atoms with van der Waals surface area (Å²) < 4.78 is 26.8. The fourth-order valence-electron chi connectivity index (χ4n) is 2.28. The molecule has 3 N–H and O–H groups in total. The Morgan fingerprint density at radius 2 is 1.95 bits per heavy atom. The zero-order valence-corrected chi connectivity index (χ0v) is 12.4. The van der Waals surface area contributed by atoms with E-state index in [4.69, 9.17) is 5.73 Å². The summed E-state index contributed by atoms with van der Waals surface area (Å²) in [6, 6.07) is 0. The molecule has 20 heavy (non-hydrogen) atoms. The maximum absolute atomic E-state index is 12.1. The maximum Gasteiger partial charge on any atom is 0.243 e. The van der Waals surface area contributed by atoms with Crippen molar-refractivity contribution in [1.82, 2.24) is 19.6 Å². The molecule has 8 heteroatoms. The van der Waals surface area contributed by atoms with Crippen molar-refractivity contribution in [2.24, 2.45) is 5.92 Å². The summed E-state index contributed by atoms with van der Waals surface area (Å²) in [6.45, 7) is 5.73. The van der Waals surface area contributed by atoms with E-state index in [0.29, 0.717) is 12.5 Å². The van der Waals surface area contributed by atoms with Gasteiger partial charge < -0.3 is 10.6 Å². The first-order chi connectivity index (χ1) is 9.51. The van der Waals surface area contributed by atoms with Crippen molar-refractivity contribution < 1.29 is 8.42 Å². The van der Waals surface area contributed by atoms with Crippen LogP contribution in [-0.2, 0) is 10.0 Å². The van der Waals surface area contributed by atoms with Crippen LogP contribution < -0.4 is 10.5 Å². The Kier molecular flexibility index (Phi) is 4.90. The lowest BCUT2D eigenvalue weighted by atomic mass is 9.97. The fraction of sp³-hybridized carbons (Fsp3) is 0.667. The van der Waals surface area contributed by atoms with Gasteiger partial charge in [0.15, 0.2) is 0 Å². The lowest BCUT2D eigenvalue weighted by Crippen LogP contribution is -2.38. The van der Waals surface area contributed by atoms with E-state index in [9.17, 15) is 8.42 Å². The van der Waals surface area contributed by atoms with Gasteiger partial charge in [-0.15, -0.1) is 0 Å². The Labute approximate surface area is 119 Å². The molecule has 2 rings (SSSR count). The minimum Gasteiger partial charge on any atom is -0.368 e. The molecule has 0 unspecified atom stereocenters. The van der Waals surface area contributed by atoms with Crippen LogP contribution in [0.5, 0.6) is 0 Å². The highest BCUT2D eigenvalue weighted by Gasteiger charge is 2.21. The predicted octanol–water partition coefficient (Wildman–Crippen LogP) is 0.0690. The van der Waals surface area contributed by atoms with Gasteiger partial charge in [0.2, 0.25) is 16.0 Å². The normalized spacial score (nSPS) is 18.2. The molecule has 2 heterocycles. The number of hydrogen-bond acceptors (Lipinski definition) is 6. The molecule has 1 aromatic rings.